The summed E-state index contributed by atoms with van der Waals surface area (Å²) in [5, 5.41) is 14.4. The normalized spacial score (nSPS) is 10.2. The molecule has 0 aliphatic carbocycles. The van der Waals surface area contributed by atoms with Gasteiger partial charge in [0, 0.05) is 4.47 Å². The van der Waals surface area contributed by atoms with Crippen molar-refractivity contribution in [3.8, 4) is 0 Å². The lowest BCUT2D eigenvalue weighted by Crippen LogP contribution is -2.30. The summed E-state index contributed by atoms with van der Waals surface area (Å²) in [5.74, 6) is -0.782. The van der Waals surface area contributed by atoms with Crippen molar-refractivity contribution >= 4 is 44.8 Å². The number of nitrogens with zero attached hydrogens (tertiary/aromatic N) is 3. The minimum atomic E-state index is -0.652. The first-order chi connectivity index (χ1) is 12.6. The number of amides is 1. The largest absolute Gasteiger partial charge is 0.459 e. The fourth-order valence-electron chi connectivity index (χ4n) is 2.01. The third-order valence-electron chi connectivity index (χ3n) is 3.17. The second kappa shape index (κ2) is 7.61. The van der Waals surface area contributed by atoms with Crippen LogP contribution in [0.1, 0.15) is 10.6 Å². The van der Waals surface area contributed by atoms with Gasteiger partial charge in [-0.15, -0.1) is 0 Å². The van der Waals surface area contributed by atoms with Crippen LogP contribution in [0.5, 0.6) is 0 Å². The predicted molar refractivity (Wildman–Crippen MR) is 95.9 cm³/mol. The van der Waals surface area contributed by atoms with Gasteiger partial charge in [0.25, 0.3) is 0 Å². The highest BCUT2D eigenvalue weighted by atomic mass is 79.9. The molecule has 10 nitrogen and oxygen atoms in total. The summed E-state index contributed by atoms with van der Waals surface area (Å²) in [5.41, 5.74) is 4.86. The Bertz CT molecular complexity index is 947. The average molecular weight is 419 g/mol. The van der Waals surface area contributed by atoms with E-state index in [9.17, 15) is 14.9 Å². The second-order valence-corrected chi connectivity index (χ2v) is 5.69. The zero-order chi connectivity index (χ0) is 18.5. The number of carbonyl (C=O) groups excluding carboxylic acids is 1. The summed E-state index contributed by atoms with van der Waals surface area (Å²) >= 11 is 3.35. The number of halogens is 1. The molecule has 3 N–H and O–H groups in total. The van der Waals surface area contributed by atoms with Crippen molar-refractivity contribution in [1.82, 2.24) is 15.4 Å². The molecule has 3 rings (SSSR count). The van der Waals surface area contributed by atoms with Crippen molar-refractivity contribution in [2.75, 3.05) is 10.7 Å². The number of hydrazine groups is 1. The van der Waals surface area contributed by atoms with Crippen LogP contribution in [-0.4, -0.2) is 20.8 Å². The summed E-state index contributed by atoms with van der Waals surface area (Å²) in [6.45, 7) is 0. The number of rotatable bonds is 6. The zero-order valence-electron chi connectivity index (χ0n) is 13.0. The van der Waals surface area contributed by atoms with Gasteiger partial charge in [-0.1, -0.05) is 12.1 Å². The van der Waals surface area contributed by atoms with Crippen molar-refractivity contribution in [1.29, 1.82) is 0 Å². The van der Waals surface area contributed by atoms with Crippen LogP contribution < -0.4 is 16.2 Å². The molecule has 0 aliphatic heterocycles. The quantitative estimate of drug-likeness (QED) is 0.409. The molecular formula is C15H11BrN6O4. The molecule has 3 aromatic rings. The SMILES string of the molecule is O=C(NNc1ncnc(Nc2ccccc2Br)c1[N+](=O)[O-])c1ccco1. The van der Waals surface area contributed by atoms with E-state index in [0.29, 0.717) is 10.2 Å². The van der Waals surface area contributed by atoms with Crippen LogP contribution in [0.4, 0.5) is 23.0 Å². The van der Waals surface area contributed by atoms with Gasteiger partial charge in [0.15, 0.2) is 5.76 Å². The summed E-state index contributed by atoms with van der Waals surface area (Å²) in [6, 6.07) is 10.1. The number of aromatic nitrogens is 2. The highest BCUT2D eigenvalue weighted by molar-refractivity contribution is 9.10. The number of hydrogen-bond donors (Lipinski definition) is 3. The maximum atomic E-state index is 11.9. The first kappa shape index (κ1) is 17.4. The molecule has 1 aromatic carbocycles. The molecule has 0 bridgehead atoms. The summed E-state index contributed by atoms with van der Waals surface area (Å²) in [7, 11) is 0. The van der Waals surface area contributed by atoms with Crippen molar-refractivity contribution in [3.05, 3.63) is 69.3 Å². The monoisotopic (exact) mass is 418 g/mol. The number of carbonyl (C=O) groups is 1. The molecule has 26 heavy (non-hydrogen) atoms. The van der Waals surface area contributed by atoms with E-state index < -0.39 is 16.5 Å². The Hall–Kier alpha value is -3.47. The van der Waals surface area contributed by atoms with E-state index >= 15 is 0 Å². The lowest BCUT2D eigenvalue weighted by atomic mass is 10.3. The fourth-order valence-corrected chi connectivity index (χ4v) is 2.39. The maximum absolute atomic E-state index is 11.9. The third-order valence-corrected chi connectivity index (χ3v) is 3.86. The zero-order valence-corrected chi connectivity index (χ0v) is 14.6. The molecule has 0 aliphatic rings. The molecule has 0 atom stereocenters. The standard InChI is InChI=1S/C15H11BrN6O4/c16-9-4-1-2-5-10(9)19-13-12(22(24)25)14(18-8-17-13)20-21-15(23)11-6-3-7-26-11/h1-8H,(H,21,23)(H2,17,18,19,20). The smallest absolute Gasteiger partial charge is 0.355 e. The number of anilines is 3. The van der Waals surface area contributed by atoms with Crippen molar-refractivity contribution < 1.29 is 14.1 Å². The van der Waals surface area contributed by atoms with E-state index in [1.54, 1.807) is 30.3 Å². The number of nitro groups is 1. The van der Waals surface area contributed by atoms with Crippen LogP contribution in [0.3, 0.4) is 0 Å². The average Bonchev–Trinajstić information content (AvgIpc) is 3.16. The number of nitrogens with one attached hydrogen (secondary N) is 3. The highest BCUT2D eigenvalue weighted by Crippen LogP contribution is 2.32. The molecule has 0 unspecified atom stereocenters. The van der Waals surface area contributed by atoms with E-state index in [2.05, 4.69) is 42.1 Å². The molecule has 0 fully saturated rings. The van der Waals surface area contributed by atoms with Crippen LogP contribution in [0.2, 0.25) is 0 Å². The van der Waals surface area contributed by atoms with Crippen molar-refractivity contribution in [2.45, 2.75) is 0 Å². The molecule has 2 aromatic heterocycles. The summed E-state index contributed by atoms with van der Waals surface area (Å²) < 4.78 is 5.64. The van der Waals surface area contributed by atoms with Crippen LogP contribution in [0, 0.1) is 10.1 Å². The summed E-state index contributed by atoms with van der Waals surface area (Å²) in [4.78, 5) is 30.5. The van der Waals surface area contributed by atoms with E-state index in [0.717, 1.165) is 6.33 Å². The Labute approximate surface area is 154 Å². The maximum Gasteiger partial charge on any atom is 0.355 e. The lowest BCUT2D eigenvalue weighted by molar-refractivity contribution is -0.383. The van der Waals surface area contributed by atoms with E-state index in [-0.39, 0.29) is 17.4 Å². The van der Waals surface area contributed by atoms with Gasteiger partial charge < -0.3 is 9.73 Å². The van der Waals surface area contributed by atoms with Gasteiger partial charge in [0.05, 0.1) is 16.9 Å². The Morgan fingerprint density at radius 1 is 1.15 bits per heavy atom. The van der Waals surface area contributed by atoms with Crippen molar-refractivity contribution in [3.63, 3.8) is 0 Å². The van der Waals surface area contributed by atoms with E-state index in [1.165, 1.54) is 12.3 Å². The van der Waals surface area contributed by atoms with E-state index in [4.69, 9.17) is 4.42 Å². The fraction of sp³-hybridized carbons (Fsp3) is 0. The highest BCUT2D eigenvalue weighted by Gasteiger charge is 2.24. The Morgan fingerprint density at radius 3 is 2.62 bits per heavy atom. The second-order valence-electron chi connectivity index (χ2n) is 4.84. The van der Waals surface area contributed by atoms with Gasteiger partial charge >= 0.3 is 11.6 Å². The predicted octanol–water partition coefficient (Wildman–Crippen LogP) is 3.24. The molecule has 132 valence electrons. The number of furan rings is 1. The van der Waals surface area contributed by atoms with Gasteiger partial charge in [0.2, 0.25) is 11.6 Å². The molecule has 11 heteroatoms. The van der Waals surface area contributed by atoms with Crippen LogP contribution in [0.25, 0.3) is 0 Å². The first-order valence-electron chi connectivity index (χ1n) is 7.17. The Kier molecular flexibility index (Phi) is 5.08. The van der Waals surface area contributed by atoms with Crippen molar-refractivity contribution in [2.24, 2.45) is 0 Å². The first-order valence-corrected chi connectivity index (χ1v) is 7.96. The van der Waals surface area contributed by atoms with Gasteiger partial charge in [0.1, 0.15) is 6.33 Å². The lowest BCUT2D eigenvalue weighted by Gasteiger charge is -2.11. The molecule has 0 spiro atoms. The molecule has 0 saturated heterocycles. The van der Waals surface area contributed by atoms with Crippen LogP contribution in [-0.2, 0) is 0 Å². The molecule has 0 saturated carbocycles. The van der Waals surface area contributed by atoms with Crippen LogP contribution >= 0.6 is 15.9 Å². The Morgan fingerprint density at radius 2 is 1.92 bits per heavy atom. The molecular weight excluding hydrogens is 408 g/mol. The minimum absolute atomic E-state index is 0.0355. The van der Waals surface area contributed by atoms with Gasteiger partial charge in [-0.25, -0.2) is 9.97 Å². The number of para-hydroxylation sites is 1. The minimum Gasteiger partial charge on any atom is -0.459 e. The third kappa shape index (κ3) is 3.78. The van der Waals surface area contributed by atoms with Gasteiger partial charge in [-0.3, -0.25) is 25.8 Å². The van der Waals surface area contributed by atoms with Gasteiger partial charge in [-0.2, -0.15) is 0 Å². The van der Waals surface area contributed by atoms with E-state index in [1.807, 2.05) is 0 Å². The molecule has 0 radical (unpaired) electrons. The summed E-state index contributed by atoms with van der Waals surface area (Å²) in [6.07, 6.45) is 2.47. The number of benzene rings is 1. The van der Waals surface area contributed by atoms with Gasteiger partial charge in [-0.05, 0) is 40.2 Å². The van der Waals surface area contributed by atoms with Crippen LogP contribution in [0.15, 0.2) is 57.9 Å². The number of hydrogen-bond acceptors (Lipinski definition) is 8. The molecule has 2 heterocycles. The Balaban J connectivity index is 1.85. The molecule has 1 amide bonds. The topological polar surface area (TPSA) is 135 Å².